The Hall–Kier alpha value is -0.0800. The zero-order valence-electron chi connectivity index (χ0n) is 7.05. The number of aliphatic hydroxyl groups excluding tert-OH is 1. The molecule has 1 aliphatic carbocycles. The molecular weight excluding hydrogens is 140 g/mol. The van der Waals surface area contributed by atoms with E-state index in [1.54, 1.807) is 0 Å². The van der Waals surface area contributed by atoms with Gasteiger partial charge in [0.1, 0.15) is 0 Å². The quantitative estimate of drug-likeness (QED) is 0.618. The zero-order valence-corrected chi connectivity index (χ0v) is 7.05. The van der Waals surface area contributed by atoms with Crippen molar-refractivity contribution in [1.82, 2.24) is 0 Å². The lowest BCUT2D eigenvalue weighted by molar-refractivity contribution is 0.0270. The Kier molecular flexibility index (Phi) is 1.69. The molecule has 1 aliphatic heterocycles. The van der Waals surface area contributed by atoms with Gasteiger partial charge in [-0.05, 0) is 30.6 Å². The van der Waals surface area contributed by atoms with Crippen molar-refractivity contribution in [3.8, 4) is 0 Å². The number of rotatable bonds is 1. The monoisotopic (exact) mass is 156 g/mol. The summed E-state index contributed by atoms with van der Waals surface area (Å²) in [5.74, 6) is 0.885. The first-order valence-electron chi connectivity index (χ1n) is 4.47. The molecule has 0 radical (unpaired) electrons. The van der Waals surface area contributed by atoms with Crippen LogP contribution >= 0.6 is 0 Å². The van der Waals surface area contributed by atoms with Crippen molar-refractivity contribution in [2.75, 3.05) is 13.2 Å². The van der Waals surface area contributed by atoms with E-state index >= 15 is 0 Å². The van der Waals surface area contributed by atoms with Crippen LogP contribution in [-0.2, 0) is 4.74 Å². The average Bonchev–Trinajstić information content (AvgIpc) is 2.31. The summed E-state index contributed by atoms with van der Waals surface area (Å²) >= 11 is 0. The Morgan fingerprint density at radius 1 is 1.45 bits per heavy atom. The first-order valence-corrected chi connectivity index (χ1v) is 4.47. The van der Waals surface area contributed by atoms with Crippen LogP contribution in [0.1, 0.15) is 26.2 Å². The zero-order chi connectivity index (χ0) is 7.90. The molecule has 11 heavy (non-hydrogen) atoms. The minimum Gasteiger partial charge on any atom is -0.394 e. The molecule has 1 saturated carbocycles. The van der Waals surface area contributed by atoms with Crippen molar-refractivity contribution >= 4 is 0 Å². The van der Waals surface area contributed by atoms with Crippen molar-refractivity contribution in [3.63, 3.8) is 0 Å². The number of hydrogen-bond acceptors (Lipinski definition) is 2. The third-order valence-corrected chi connectivity index (χ3v) is 3.05. The molecule has 2 aliphatic rings. The van der Waals surface area contributed by atoms with Gasteiger partial charge in [0, 0.05) is 0 Å². The Balaban J connectivity index is 1.89. The lowest BCUT2D eigenvalue weighted by atomic mass is 9.62. The second-order valence-corrected chi connectivity index (χ2v) is 4.33. The van der Waals surface area contributed by atoms with Crippen LogP contribution in [0.3, 0.4) is 0 Å². The van der Waals surface area contributed by atoms with Crippen LogP contribution in [0, 0.1) is 11.3 Å². The summed E-state index contributed by atoms with van der Waals surface area (Å²) in [5.41, 5.74) is 0.479. The SMILES string of the molecule is CC1CC2(CO[C@@H](CO)C2)C1. The summed E-state index contributed by atoms with van der Waals surface area (Å²) < 4.78 is 5.46. The maximum Gasteiger partial charge on any atom is 0.0812 e. The molecule has 2 nitrogen and oxygen atoms in total. The van der Waals surface area contributed by atoms with E-state index in [4.69, 9.17) is 9.84 Å². The molecule has 0 aromatic carbocycles. The largest absolute Gasteiger partial charge is 0.394 e. The summed E-state index contributed by atoms with van der Waals surface area (Å²) in [6.45, 7) is 3.39. The molecule has 1 spiro atoms. The van der Waals surface area contributed by atoms with Crippen LogP contribution in [0.2, 0.25) is 0 Å². The fraction of sp³-hybridized carbons (Fsp3) is 1.00. The summed E-state index contributed by atoms with van der Waals surface area (Å²) in [6.07, 6.45) is 3.85. The molecule has 1 saturated heterocycles. The van der Waals surface area contributed by atoms with E-state index in [0.717, 1.165) is 18.9 Å². The molecule has 0 bridgehead atoms. The Labute approximate surface area is 67.6 Å². The van der Waals surface area contributed by atoms with E-state index in [1.807, 2.05) is 0 Å². The smallest absolute Gasteiger partial charge is 0.0812 e. The Morgan fingerprint density at radius 3 is 2.64 bits per heavy atom. The highest BCUT2D eigenvalue weighted by Gasteiger charge is 2.47. The Bertz CT molecular complexity index is 150. The van der Waals surface area contributed by atoms with Crippen molar-refractivity contribution in [1.29, 1.82) is 0 Å². The molecule has 1 atom stereocenters. The van der Waals surface area contributed by atoms with Gasteiger partial charge in [-0.25, -0.2) is 0 Å². The van der Waals surface area contributed by atoms with Gasteiger partial charge in [0.05, 0.1) is 19.3 Å². The minimum absolute atomic E-state index is 0.141. The molecule has 2 rings (SSSR count). The van der Waals surface area contributed by atoms with Gasteiger partial charge in [-0.1, -0.05) is 6.92 Å². The third-order valence-electron chi connectivity index (χ3n) is 3.05. The van der Waals surface area contributed by atoms with Crippen LogP contribution in [0.25, 0.3) is 0 Å². The lowest BCUT2D eigenvalue weighted by Crippen LogP contribution is -2.36. The number of hydrogen-bond donors (Lipinski definition) is 1. The van der Waals surface area contributed by atoms with Gasteiger partial charge in [0.15, 0.2) is 0 Å². The van der Waals surface area contributed by atoms with Gasteiger partial charge in [-0.2, -0.15) is 0 Å². The van der Waals surface area contributed by atoms with E-state index < -0.39 is 0 Å². The lowest BCUT2D eigenvalue weighted by Gasteiger charge is -2.42. The molecule has 64 valence electrons. The van der Waals surface area contributed by atoms with Crippen molar-refractivity contribution in [2.24, 2.45) is 11.3 Å². The second kappa shape index (κ2) is 2.46. The van der Waals surface area contributed by atoms with Crippen molar-refractivity contribution in [2.45, 2.75) is 32.3 Å². The molecule has 0 aromatic rings. The highest BCUT2D eigenvalue weighted by Crippen LogP contribution is 2.52. The summed E-state index contributed by atoms with van der Waals surface area (Å²) in [5, 5.41) is 8.86. The standard InChI is InChI=1S/C9H16O2/c1-7-2-9(3-7)4-8(5-10)11-6-9/h7-8,10H,2-6H2,1H3/t7?,8-,9?/m1/s1. The van der Waals surface area contributed by atoms with Crippen LogP contribution in [0.4, 0.5) is 0 Å². The fourth-order valence-corrected chi connectivity index (χ4v) is 2.72. The molecule has 2 fully saturated rings. The van der Waals surface area contributed by atoms with Crippen LogP contribution in [0.5, 0.6) is 0 Å². The number of aliphatic hydroxyl groups is 1. The van der Waals surface area contributed by atoms with Gasteiger partial charge < -0.3 is 9.84 Å². The van der Waals surface area contributed by atoms with E-state index in [9.17, 15) is 0 Å². The fourth-order valence-electron chi connectivity index (χ4n) is 2.72. The van der Waals surface area contributed by atoms with E-state index in [0.29, 0.717) is 5.41 Å². The minimum atomic E-state index is 0.141. The first-order chi connectivity index (χ1) is 5.24. The maximum absolute atomic E-state index is 8.86. The topological polar surface area (TPSA) is 29.5 Å². The molecule has 0 aromatic heterocycles. The van der Waals surface area contributed by atoms with Crippen molar-refractivity contribution in [3.05, 3.63) is 0 Å². The van der Waals surface area contributed by atoms with Gasteiger partial charge in [0.2, 0.25) is 0 Å². The highest BCUT2D eigenvalue weighted by atomic mass is 16.5. The average molecular weight is 156 g/mol. The summed E-state index contributed by atoms with van der Waals surface area (Å²) in [6, 6.07) is 0. The van der Waals surface area contributed by atoms with Gasteiger partial charge in [-0.15, -0.1) is 0 Å². The number of ether oxygens (including phenoxy) is 1. The van der Waals surface area contributed by atoms with Gasteiger partial charge >= 0.3 is 0 Å². The Morgan fingerprint density at radius 2 is 2.18 bits per heavy atom. The van der Waals surface area contributed by atoms with E-state index in [1.165, 1.54) is 12.8 Å². The molecular formula is C9H16O2. The third kappa shape index (κ3) is 1.18. The molecule has 1 heterocycles. The van der Waals surface area contributed by atoms with Crippen LogP contribution < -0.4 is 0 Å². The van der Waals surface area contributed by atoms with Crippen LogP contribution in [0.15, 0.2) is 0 Å². The summed E-state index contributed by atoms with van der Waals surface area (Å²) in [7, 11) is 0. The molecule has 1 N–H and O–H groups in total. The van der Waals surface area contributed by atoms with E-state index in [2.05, 4.69) is 6.92 Å². The van der Waals surface area contributed by atoms with Crippen molar-refractivity contribution < 1.29 is 9.84 Å². The second-order valence-electron chi connectivity index (χ2n) is 4.33. The molecule has 0 unspecified atom stereocenters. The highest BCUT2D eigenvalue weighted by molar-refractivity contribution is 4.97. The predicted octanol–water partition coefficient (Wildman–Crippen LogP) is 1.18. The molecule has 2 heteroatoms. The van der Waals surface area contributed by atoms with E-state index in [-0.39, 0.29) is 12.7 Å². The first kappa shape index (κ1) is 7.56. The normalized spacial score (nSPS) is 49.6. The van der Waals surface area contributed by atoms with Crippen LogP contribution in [-0.4, -0.2) is 24.4 Å². The van der Waals surface area contributed by atoms with Gasteiger partial charge in [0.25, 0.3) is 0 Å². The van der Waals surface area contributed by atoms with Gasteiger partial charge in [-0.3, -0.25) is 0 Å². The maximum atomic E-state index is 8.86. The molecule has 0 amide bonds. The predicted molar refractivity (Wildman–Crippen MR) is 42.3 cm³/mol. The summed E-state index contributed by atoms with van der Waals surface area (Å²) in [4.78, 5) is 0.